The summed E-state index contributed by atoms with van der Waals surface area (Å²) in [7, 11) is 0. The molecule has 5 rings (SSSR count). The number of H-pyrrole nitrogens is 1. The van der Waals surface area contributed by atoms with Crippen molar-refractivity contribution in [2.45, 2.75) is 32.0 Å². The number of imide groups is 1. The van der Waals surface area contributed by atoms with Crippen molar-refractivity contribution < 1.29 is 23.6 Å². The molecule has 2 aliphatic rings. The third-order valence-electron chi connectivity index (χ3n) is 5.88. The van der Waals surface area contributed by atoms with E-state index in [4.69, 9.17) is 0 Å². The fraction of sp³-hybridized carbons (Fsp3) is 0.208. The Kier molecular flexibility index (Phi) is 5.30. The van der Waals surface area contributed by atoms with Gasteiger partial charge in [-0.3, -0.25) is 29.6 Å². The summed E-state index contributed by atoms with van der Waals surface area (Å²) in [4.78, 5) is 49.9. The molecule has 0 saturated carbocycles. The quantitative estimate of drug-likeness (QED) is 0.400. The zero-order valence-electron chi connectivity index (χ0n) is 17.8. The molecule has 34 heavy (non-hydrogen) atoms. The van der Waals surface area contributed by atoms with Gasteiger partial charge in [-0.25, -0.2) is 4.39 Å². The lowest BCUT2D eigenvalue weighted by molar-refractivity contribution is -0.137. The summed E-state index contributed by atoms with van der Waals surface area (Å²) < 4.78 is 14.1. The van der Waals surface area contributed by atoms with E-state index < -0.39 is 23.7 Å². The highest BCUT2D eigenvalue weighted by Crippen LogP contribution is 2.28. The fourth-order valence-electron chi connectivity index (χ4n) is 4.15. The number of nitrogens with one attached hydrogen (secondary N) is 3. The second-order valence-corrected chi connectivity index (χ2v) is 8.11. The van der Waals surface area contributed by atoms with Crippen LogP contribution in [0.1, 0.15) is 39.9 Å². The topological polar surface area (TPSA) is 124 Å². The van der Waals surface area contributed by atoms with Crippen LogP contribution in [-0.2, 0) is 27.5 Å². The number of hydrogen-bond acceptors (Lipinski definition) is 5. The minimum Gasteiger partial charge on any atom is -0.341 e. The van der Waals surface area contributed by atoms with E-state index in [-0.39, 0.29) is 36.9 Å². The van der Waals surface area contributed by atoms with Gasteiger partial charge in [-0.15, -0.1) is 0 Å². The number of aromatic nitrogens is 2. The summed E-state index contributed by atoms with van der Waals surface area (Å²) in [6.45, 7) is 0.411. The van der Waals surface area contributed by atoms with Crippen molar-refractivity contribution in [1.82, 2.24) is 25.7 Å². The Hall–Kier alpha value is -4.52. The molecule has 9 nitrogen and oxygen atoms in total. The van der Waals surface area contributed by atoms with E-state index in [9.17, 15) is 23.6 Å². The van der Waals surface area contributed by atoms with Crippen LogP contribution >= 0.6 is 0 Å². The van der Waals surface area contributed by atoms with E-state index in [0.29, 0.717) is 22.9 Å². The molecule has 1 unspecified atom stereocenters. The zero-order valence-corrected chi connectivity index (χ0v) is 17.8. The molecular weight excluding hydrogens is 441 g/mol. The van der Waals surface area contributed by atoms with E-state index in [2.05, 4.69) is 32.7 Å². The number of benzene rings is 2. The first-order valence-electron chi connectivity index (χ1n) is 10.6. The van der Waals surface area contributed by atoms with Gasteiger partial charge in [0.25, 0.3) is 11.8 Å². The number of piperidine rings is 1. The standard InChI is InChI=1S/C24H18FN5O4/c25-18-9-19-15(11-27-29-19)8-14(18)2-5-21(31)26-10-13-1-3-17-16(7-13)12-30(24(17)34)20-4-6-22(32)28-23(20)33/h1,3,7-9,11,20H,4,6,10,12H2,(H,26,31)(H,27,29)(H,28,32,33). The number of aromatic amines is 1. The van der Waals surface area contributed by atoms with Gasteiger partial charge in [0.05, 0.1) is 17.3 Å². The Morgan fingerprint density at radius 3 is 2.91 bits per heavy atom. The van der Waals surface area contributed by atoms with E-state index >= 15 is 0 Å². The minimum absolute atomic E-state index is 0.0913. The van der Waals surface area contributed by atoms with E-state index in [1.165, 1.54) is 17.0 Å². The number of carbonyl (C=O) groups is 4. The molecule has 2 aromatic carbocycles. The highest BCUT2D eigenvalue weighted by Gasteiger charge is 2.39. The molecule has 1 fully saturated rings. The average Bonchev–Trinajstić information content (AvgIpc) is 3.39. The SMILES string of the molecule is O=C(C#Cc1cc2cn[nH]c2cc1F)NCc1ccc2c(c1)CN(C1CCC(=O)NC1=O)C2=O. The number of nitrogens with zero attached hydrogens (tertiary/aromatic N) is 2. The van der Waals surface area contributed by atoms with Gasteiger partial charge in [0.15, 0.2) is 0 Å². The van der Waals surface area contributed by atoms with E-state index in [0.717, 1.165) is 11.1 Å². The van der Waals surface area contributed by atoms with Gasteiger partial charge >= 0.3 is 0 Å². The molecule has 0 spiro atoms. The van der Waals surface area contributed by atoms with Crippen molar-refractivity contribution in [3.63, 3.8) is 0 Å². The number of halogens is 1. The van der Waals surface area contributed by atoms with E-state index in [1.54, 1.807) is 24.4 Å². The van der Waals surface area contributed by atoms with Crippen molar-refractivity contribution in [2.75, 3.05) is 0 Å². The molecule has 1 saturated heterocycles. The summed E-state index contributed by atoms with van der Waals surface area (Å²) in [5, 5.41) is 12.1. The maximum absolute atomic E-state index is 14.1. The molecule has 0 radical (unpaired) electrons. The summed E-state index contributed by atoms with van der Waals surface area (Å²) in [6.07, 6.45) is 2.02. The van der Waals surface area contributed by atoms with Crippen LogP contribution in [0.5, 0.6) is 0 Å². The molecule has 170 valence electrons. The molecular formula is C24H18FN5O4. The first-order chi connectivity index (χ1) is 16.4. The Bertz CT molecular complexity index is 1430. The molecule has 3 aromatic rings. The van der Waals surface area contributed by atoms with Gasteiger partial charge in [0, 0.05) is 42.4 Å². The maximum atomic E-state index is 14.1. The Labute approximate surface area is 192 Å². The number of carbonyl (C=O) groups excluding carboxylic acids is 4. The molecule has 1 atom stereocenters. The van der Waals surface area contributed by atoms with Crippen molar-refractivity contribution in [2.24, 2.45) is 0 Å². The van der Waals surface area contributed by atoms with Crippen LogP contribution < -0.4 is 10.6 Å². The minimum atomic E-state index is -0.683. The lowest BCUT2D eigenvalue weighted by atomic mass is 10.0. The molecule has 3 heterocycles. The second kappa shape index (κ2) is 8.44. The summed E-state index contributed by atoms with van der Waals surface area (Å²) in [5.74, 6) is 2.72. The molecule has 2 aliphatic heterocycles. The Balaban J connectivity index is 1.23. The van der Waals surface area contributed by atoms with Gasteiger partial charge in [-0.2, -0.15) is 5.10 Å². The van der Waals surface area contributed by atoms with Crippen LogP contribution in [-0.4, -0.2) is 44.8 Å². The van der Waals surface area contributed by atoms with Gasteiger partial charge < -0.3 is 10.2 Å². The largest absolute Gasteiger partial charge is 0.341 e. The predicted molar refractivity (Wildman–Crippen MR) is 117 cm³/mol. The maximum Gasteiger partial charge on any atom is 0.296 e. The number of rotatable bonds is 3. The van der Waals surface area contributed by atoms with Crippen LogP contribution in [0.15, 0.2) is 36.5 Å². The third-order valence-corrected chi connectivity index (χ3v) is 5.88. The van der Waals surface area contributed by atoms with Crippen molar-refractivity contribution in [3.8, 4) is 11.8 Å². The first-order valence-corrected chi connectivity index (χ1v) is 10.6. The normalized spacial score (nSPS) is 17.3. The molecule has 4 amide bonds. The lowest BCUT2D eigenvalue weighted by Gasteiger charge is -2.29. The van der Waals surface area contributed by atoms with Crippen LogP contribution in [0.25, 0.3) is 10.9 Å². The smallest absolute Gasteiger partial charge is 0.296 e. The van der Waals surface area contributed by atoms with Crippen LogP contribution in [0, 0.1) is 17.7 Å². The van der Waals surface area contributed by atoms with Gasteiger partial charge in [-0.05, 0) is 29.7 Å². The second-order valence-electron chi connectivity index (χ2n) is 8.11. The molecule has 0 aliphatic carbocycles. The van der Waals surface area contributed by atoms with Crippen molar-refractivity contribution in [1.29, 1.82) is 0 Å². The van der Waals surface area contributed by atoms with Gasteiger partial charge in [0.2, 0.25) is 11.8 Å². The van der Waals surface area contributed by atoms with Crippen LogP contribution in [0.2, 0.25) is 0 Å². The number of amides is 4. The third kappa shape index (κ3) is 3.99. The van der Waals surface area contributed by atoms with Crippen molar-refractivity contribution >= 4 is 34.5 Å². The Morgan fingerprint density at radius 2 is 2.09 bits per heavy atom. The fourth-order valence-corrected chi connectivity index (χ4v) is 4.15. The zero-order chi connectivity index (χ0) is 23.8. The lowest BCUT2D eigenvalue weighted by Crippen LogP contribution is -2.52. The van der Waals surface area contributed by atoms with Crippen LogP contribution in [0.4, 0.5) is 4.39 Å². The first kappa shape index (κ1) is 21.3. The highest BCUT2D eigenvalue weighted by molar-refractivity contribution is 6.05. The molecule has 1 aromatic heterocycles. The van der Waals surface area contributed by atoms with E-state index in [1.807, 2.05) is 0 Å². The van der Waals surface area contributed by atoms with Gasteiger partial charge in [0.1, 0.15) is 11.9 Å². The van der Waals surface area contributed by atoms with Crippen molar-refractivity contribution in [3.05, 3.63) is 64.6 Å². The summed E-state index contributed by atoms with van der Waals surface area (Å²) in [5.41, 5.74) is 2.61. The Morgan fingerprint density at radius 1 is 1.24 bits per heavy atom. The number of hydrogen-bond donors (Lipinski definition) is 3. The number of fused-ring (bicyclic) bond motifs is 2. The summed E-state index contributed by atoms with van der Waals surface area (Å²) >= 11 is 0. The van der Waals surface area contributed by atoms with Crippen LogP contribution in [0.3, 0.4) is 0 Å². The average molecular weight is 459 g/mol. The molecule has 0 bridgehead atoms. The molecule has 3 N–H and O–H groups in total. The molecule has 10 heteroatoms. The highest BCUT2D eigenvalue weighted by atomic mass is 19.1. The predicted octanol–water partition coefficient (Wildman–Crippen LogP) is 1.13. The monoisotopic (exact) mass is 459 g/mol. The summed E-state index contributed by atoms with van der Waals surface area (Å²) in [6, 6.07) is 7.27. The van der Waals surface area contributed by atoms with Gasteiger partial charge in [-0.1, -0.05) is 18.1 Å².